The molecule has 5 atom stereocenters. The highest BCUT2D eigenvalue weighted by Crippen LogP contribution is 2.36. The summed E-state index contributed by atoms with van der Waals surface area (Å²) < 4.78 is 0. The molecule has 0 saturated carbocycles. The van der Waals surface area contributed by atoms with Crippen LogP contribution in [0.1, 0.15) is 120 Å². The summed E-state index contributed by atoms with van der Waals surface area (Å²) in [4.78, 5) is 0. The maximum atomic E-state index is 10.4. The number of hydrogen-bond donors (Lipinski definition) is 2. The van der Waals surface area contributed by atoms with Gasteiger partial charge in [-0.15, -0.1) is 9.24 Å². The molecule has 1 rings (SSSR count). The highest BCUT2D eigenvalue weighted by atomic mass is 31.0. The van der Waals surface area contributed by atoms with Crippen LogP contribution >= 0.6 is 9.24 Å². The van der Waals surface area contributed by atoms with Crippen molar-refractivity contribution < 1.29 is 10.2 Å². The molecule has 0 aliphatic heterocycles. The molecule has 1 aliphatic carbocycles. The lowest BCUT2D eigenvalue weighted by atomic mass is 9.85. The molecule has 0 radical (unpaired) electrons. The Morgan fingerprint density at radius 3 is 2.45 bits per heavy atom. The highest BCUT2D eigenvalue weighted by Gasteiger charge is 2.23. The molecule has 0 amide bonds. The third-order valence-corrected chi connectivity index (χ3v) is 7.58. The second-order valence-corrected chi connectivity index (χ2v) is 10.4. The van der Waals surface area contributed by atoms with Crippen molar-refractivity contribution in [1.82, 2.24) is 0 Å². The Kier molecular flexibility index (Phi) is 16.0. The van der Waals surface area contributed by atoms with Crippen LogP contribution in [-0.2, 0) is 0 Å². The summed E-state index contributed by atoms with van der Waals surface area (Å²) in [6.07, 6.45) is 15.0. The Balaban J connectivity index is 0.00000436. The molecule has 0 heterocycles. The van der Waals surface area contributed by atoms with E-state index < -0.39 is 5.60 Å². The van der Waals surface area contributed by atoms with Crippen molar-refractivity contribution in [3.05, 3.63) is 34.2 Å². The molecule has 3 heteroatoms. The largest absolute Gasteiger partial charge is 0.390 e. The van der Waals surface area contributed by atoms with Crippen molar-refractivity contribution in [3.8, 4) is 0 Å². The van der Waals surface area contributed by atoms with Crippen LogP contribution < -0.4 is 0 Å². The first-order valence-corrected chi connectivity index (χ1v) is 13.4. The van der Waals surface area contributed by atoms with Crippen LogP contribution in [0.15, 0.2) is 34.2 Å². The lowest BCUT2D eigenvalue weighted by Crippen LogP contribution is -2.23. The SMILES string of the molecule is CC.CCCCC(C)(O)CCC/C(C)=C/CCC(C)CCC1=CC(O)C(C)C(C)=C1P. The van der Waals surface area contributed by atoms with Crippen LogP contribution in [0, 0.1) is 11.8 Å². The van der Waals surface area contributed by atoms with Gasteiger partial charge in [0.2, 0.25) is 0 Å². The zero-order chi connectivity index (χ0) is 24.0. The first-order valence-electron chi connectivity index (χ1n) is 12.8. The topological polar surface area (TPSA) is 40.5 Å². The van der Waals surface area contributed by atoms with Gasteiger partial charge in [-0.05, 0) is 88.9 Å². The van der Waals surface area contributed by atoms with E-state index in [1.54, 1.807) is 0 Å². The van der Waals surface area contributed by atoms with Crippen LogP contribution in [0.5, 0.6) is 0 Å². The van der Waals surface area contributed by atoms with Gasteiger partial charge in [-0.2, -0.15) is 0 Å². The highest BCUT2D eigenvalue weighted by molar-refractivity contribution is 7.23. The molecule has 2 N–H and O–H groups in total. The summed E-state index contributed by atoms with van der Waals surface area (Å²) in [6, 6.07) is 0. The number of allylic oxidation sites excluding steroid dienone is 4. The van der Waals surface area contributed by atoms with Crippen LogP contribution in [-0.4, -0.2) is 21.9 Å². The molecule has 0 fully saturated rings. The molecule has 0 saturated heterocycles. The van der Waals surface area contributed by atoms with Crippen molar-refractivity contribution in [2.45, 2.75) is 131 Å². The number of aliphatic hydroxyl groups is 2. The molecule has 182 valence electrons. The smallest absolute Gasteiger partial charge is 0.0789 e. The number of hydrogen-bond acceptors (Lipinski definition) is 2. The Bertz CT molecular complexity index is 586. The third-order valence-electron chi connectivity index (χ3n) is 6.75. The van der Waals surface area contributed by atoms with Gasteiger partial charge >= 0.3 is 0 Å². The molecule has 0 aromatic heterocycles. The van der Waals surface area contributed by atoms with E-state index in [4.69, 9.17) is 0 Å². The molecule has 2 nitrogen and oxygen atoms in total. The van der Waals surface area contributed by atoms with Crippen molar-refractivity contribution in [2.75, 3.05) is 0 Å². The lowest BCUT2D eigenvalue weighted by Gasteiger charge is -2.27. The minimum Gasteiger partial charge on any atom is -0.390 e. The van der Waals surface area contributed by atoms with E-state index in [0.29, 0.717) is 5.92 Å². The molecular formula is C28H53O2P. The van der Waals surface area contributed by atoms with Gasteiger partial charge in [-0.3, -0.25) is 0 Å². The third kappa shape index (κ3) is 12.4. The van der Waals surface area contributed by atoms with Crippen LogP contribution in [0.25, 0.3) is 0 Å². The first kappa shape index (κ1) is 30.6. The summed E-state index contributed by atoms with van der Waals surface area (Å²) >= 11 is 0. The average molecular weight is 453 g/mol. The molecule has 0 bridgehead atoms. The molecule has 0 aromatic rings. The zero-order valence-corrected chi connectivity index (χ0v) is 23.1. The first-order chi connectivity index (χ1) is 14.6. The summed E-state index contributed by atoms with van der Waals surface area (Å²) in [7, 11) is 2.89. The van der Waals surface area contributed by atoms with Crippen LogP contribution in [0.4, 0.5) is 0 Å². The van der Waals surface area contributed by atoms with Gasteiger partial charge in [-0.1, -0.05) is 70.8 Å². The van der Waals surface area contributed by atoms with E-state index in [-0.39, 0.29) is 12.0 Å². The second kappa shape index (κ2) is 16.2. The maximum Gasteiger partial charge on any atom is 0.0789 e. The minimum atomic E-state index is -0.493. The molecule has 0 aromatic carbocycles. The number of aliphatic hydroxyl groups excluding tert-OH is 1. The summed E-state index contributed by atoms with van der Waals surface area (Å²) in [5.41, 5.74) is 3.58. The van der Waals surface area contributed by atoms with Crippen molar-refractivity contribution >= 4 is 9.24 Å². The monoisotopic (exact) mass is 452 g/mol. The molecule has 0 spiro atoms. The predicted molar refractivity (Wildman–Crippen MR) is 142 cm³/mol. The van der Waals surface area contributed by atoms with E-state index in [1.165, 1.54) is 34.9 Å². The predicted octanol–water partition coefficient (Wildman–Crippen LogP) is 8.35. The lowest BCUT2D eigenvalue weighted by molar-refractivity contribution is 0.0379. The number of rotatable bonds is 13. The van der Waals surface area contributed by atoms with Crippen molar-refractivity contribution in [1.29, 1.82) is 0 Å². The van der Waals surface area contributed by atoms with E-state index >= 15 is 0 Å². The standard InChI is InChI=1S/C26H47O2P.C2H6/c1-7-8-16-26(6,28)17-10-13-19(2)11-9-12-20(3)14-15-23-18-24(27)21(4)22(5)25(23)29;1-2/h11,18,20-21,24,27-28H,7-10,12-17,29H2,1-6H3;1-2H3/b19-11+;. The quantitative estimate of drug-likeness (QED) is 0.218. The van der Waals surface area contributed by atoms with Gasteiger partial charge in [0.15, 0.2) is 0 Å². The normalized spacial score (nSPS) is 22.4. The maximum absolute atomic E-state index is 10.4. The summed E-state index contributed by atoms with van der Waals surface area (Å²) in [5.74, 6) is 0.913. The van der Waals surface area contributed by atoms with E-state index in [9.17, 15) is 10.2 Å². The molecule has 1 aliphatic rings. The molecular weight excluding hydrogens is 399 g/mol. The molecule has 31 heavy (non-hydrogen) atoms. The Morgan fingerprint density at radius 2 is 1.84 bits per heavy atom. The van der Waals surface area contributed by atoms with Gasteiger partial charge in [0.25, 0.3) is 0 Å². The fraction of sp³-hybridized carbons (Fsp3) is 0.786. The summed E-state index contributed by atoms with van der Waals surface area (Å²) in [5, 5.41) is 21.9. The van der Waals surface area contributed by atoms with Gasteiger partial charge in [0.1, 0.15) is 0 Å². The Labute approximate surface area is 196 Å². The van der Waals surface area contributed by atoms with Gasteiger partial charge in [0, 0.05) is 5.92 Å². The summed E-state index contributed by atoms with van der Waals surface area (Å²) in [6.45, 7) is 17.0. The second-order valence-electron chi connectivity index (χ2n) is 9.79. The van der Waals surface area contributed by atoms with E-state index in [0.717, 1.165) is 51.4 Å². The van der Waals surface area contributed by atoms with Gasteiger partial charge in [-0.25, -0.2) is 0 Å². The Morgan fingerprint density at radius 1 is 1.23 bits per heavy atom. The fourth-order valence-corrected chi connectivity index (χ4v) is 4.61. The minimum absolute atomic E-state index is 0.229. The van der Waals surface area contributed by atoms with Crippen LogP contribution in [0.2, 0.25) is 0 Å². The van der Waals surface area contributed by atoms with Gasteiger partial charge < -0.3 is 10.2 Å². The van der Waals surface area contributed by atoms with E-state index in [1.807, 2.05) is 20.8 Å². The average Bonchev–Trinajstić information content (AvgIpc) is 2.73. The van der Waals surface area contributed by atoms with Gasteiger partial charge in [0.05, 0.1) is 11.7 Å². The van der Waals surface area contributed by atoms with Crippen molar-refractivity contribution in [2.24, 2.45) is 11.8 Å². The number of unbranched alkanes of at least 4 members (excludes halogenated alkanes) is 1. The van der Waals surface area contributed by atoms with Crippen molar-refractivity contribution in [3.63, 3.8) is 0 Å². The van der Waals surface area contributed by atoms with Crippen LogP contribution in [0.3, 0.4) is 0 Å². The molecule has 5 unspecified atom stereocenters. The Hall–Kier alpha value is -0.430. The van der Waals surface area contributed by atoms with E-state index in [2.05, 4.69) is 56.0 Å². The zero-order valence-electron chi connectivity index (χ0n) is 21.9. The fourth-order valence-electron chi connectivity index (χ4n) is 4.11.